The number of hydrogen-bond donors (Lipinski definition) is 2. The third kappa shape index (κ3) is 3.44. The molecule has 5 nitrogen and oxygen atoms in total. The third-order valence-corrected chi connectivity index (χ3v) is 3.75. The number of benzene rings is 1. The number of esters is 1. The molecule has 21 heavy (non-hydrogen) atoms. The van der Waals surface area contributed by atoms with Gasteiger partial charge in [0.05, 0.1) is 18.2 Å². The van der Waals surface area contributed by atoms with Crippen LogP contribution in [-0.2, 0) is 9.53 Å². The molecule has 1 aliphatic heterocycles. The summed E-state index contributed by atoms with van der Waals surface area (Å²) in [5, 5.41) is 5.80. The Balaban J connectivity index is 2.46. The molecule has 0 aromatic heterocycles. The normalized spacial score (nSPS) is 18.0. The molecule has 1 aromatic carbocycles. The molecule has 0 saturated heterocycles. The second kappa shape index (κ2) is 6.76. The van der Waals surface area contributed by atoms with Crippen LogP contribution >= 0.6 is 15.9 Å². The molecule has 0 spiro atoms. The van der Waals surface area contributed by atoms with E-state index >= 15 is 0 Å². The van der Waals surface area contributed by atoms with Crippen molar-refractivity contribution in [1.82, 2.24) is 10.6 Å². The molecular weight excluding hydrogens is 336 g/mol. The molecule has 1 aliphatic rings. The predicted octanol–water partition coefficient (Wildman–Crippen LogP) is 2.56. The van der Waals surface area contributed by atoms with Crippen molar-refractivity contribution < 1.29 is 14.3 Å². The smallest absolute Gasteiger partial charge is 0.338 e. The van der Waals surface area contributed by atoms with E-state index in [1.807, 2.05) is 31.2 Å². The monoisotopic (exact) mass is 352 g/mol. The van der Waals surface area contributed by atoms with Crippen molar-refractivity contribution in [2.24, 2.45) is 0 Å². The fourth-order valence-corrected chi connectivity index (χ4v) is 2.62. The van der Waals surface area contributed by atoms with Crippen molar-refractivity contribution >= 4 is 27.9 Å². The molecule has 0 radical (unpaired) electrons. The van der Waals surface area contributed by atoms with Crippen molar-refractivity contribution in [2.75, 3.05) is 11.9 Å². The van der Waals surface area contributed by atoms with Gasteiger partial charge >= 0.3 is 12.0 Å². The van der Waals surface area contributed by atoms with Crippen LogP contribution in [0.3, 0.4) is 0 Å². The van der Waals surface area contributed by atoms with Gasteiger partial charge in [-0.05, 0) is 19.4 Å². The number of allylic oxidation sites excluding steroid dienone is 1. The van der Waals surface area contributed by atoms with Gasteiger partial charge in [-0.25, -0.2) is 9.59 Å². The number of alkyl halides is 1. The number of ether oxygens (including phenoxy) is 1. The Kier molecular flexibility index (Phi) is 5.01. The van der Waals surface area contributed by atoms with Gasteiger partial charge in [-0.3, -0.25) is 0 Å². The quantitative estimate of drug-likeness (QED) is 0.646. The first-order valence-electron chi connectivity index (χ1n) is 6.67. The second-order valence-corrected chi connectivity index (χ2v) is 5.25. The highest BCUT2D eigenvalue weighted by molar-refractivity contribution is 9.09. The number of rotatable bonds is 4. The summed E-state index contributed by atoms with van der Waals surface area (Å²) in [5.74, 6) is -0.426. The molecule has 6 heteroatoms. The molecule has 2 amide bonds. The lowest BCUT2D eigenvalue weighted by Gasteiger charge is -2.28. The number of urea groups is 1. The van der Waals surface area contributed by atoms with Crippen LogP contribution in [0.1, 0.15) is 24.1 Å². The first kappa shape index (κ1) is 15.6. The molecule has 112 valence electrons. The van der Waals surface area contributed by atoms with Gasteiger partial charge in [0.15, 0.2) is 0 Å². The summed E-state index contributed by atoms with van der Waals surface area (Å²) < 4.78 is 5.12. The van der Waals surface area contributed by atoms with Crippen LogP contribution in [0.2, 0.25) is 0 Å². The third-order valence-electron chi connectivity index (χ3n) is 3.19. The molecule has 1 unspecified atom stereocenters. The molecule has 1 atom stereocenters. The number of hydrogen-bond acceptors (Lipinski definition) is 3. The minimum Gasteiger partial charge on any atom is -0.463 e. The highest BCUT2D eigenvalue weighted by atomic mass is 79.9. The number of halogens is 1. The van der Waals surface area contributed by atoms with Crippen molar-refractivity contribution in [3.05, 3.63) is 46.7 Å². The largest absolute Gasteiger partial charge is 0.463 e. The number of amides is 2. The zero-order valence-electron chi connectivity index (χ0n) is 11.9. The molecule has 2 N–H and O–H groups in total. The first-order valence-corrected chi connectivity index (χ1v) is 7.79. The molecule has 1 aromatic rings. The lowest BCUT2D eigenvalue weighted by atomic mass is 9.95. The minimum absolute atomic E-state index is 0.284. The topological polar surface area (TPSA) is 67.4 Å². The lowest BCUT2D eigenvalue weighted by molar-refractivity contribution is -0.139. The van der Waals surface area contributed by atoms with Gasteiger partial charge in [0.2, 0.25) is 0 Å². The van der Waals surface area contributed by atoms with Gasteiger partial charge in [-0.1, -0.05) is 45.8 Å². The van der Waals surface area contributed by atoms with E-state index in [2.05, 4.69) is 26.6 Å². The SMILES string of the molecule is CCOC(=O)C1=C(CBr)NC(=O)NC1c1ccc(C)cc1. The van der Waals surface area contributed by atoms with Gasteiger partial charge in [0.25, 0.3) is 0 Å². The van der Waals surface area contributed by atoms with E-state index in [4.69, 9.17) is 4.74 Å². The van der Waals surface area contributed by atoms with Crippen LogP contribution in [0.15, 0.2) is 35.5 Å². The van der Waals surface area contributed by atoms with Gasteiger partial charge in [-0.2, -0.15) is 0 Å². The van der Waals surface area contributed by atoms with Gasteiger partial charge in [-0.15, -0.1) is 0 Å². The molecule has 0 bridgehead atoms. The Morgan fingerprint density at radius 2 is 2.00 bits per heavy atom. The second-order valence-electron chi connectivity index (χ2n) is 4.69. The fraction of sp³-hybridized carbons (Fsp3) is 0.333. The molecule has 0 fully saturated rings. The van der Waals surface area contributed by atoms with Crippen LogP contribution in [0.4, 0.5) is 4.79 Å². The average molecular weight is 353 g/mol. The summed E-state index contributed by atoms with van der Waals surface area (Å²) in [4.78, 5) is 24.0. The zero-order chi connectivity index (χ0) is 15.4. The van der Waals surface area contributed by atoms with E-state index in [-0.39, 0.29) is 12.6 Å². The lowest BCUT2D eigenvalue weighted by Crippen LogP contribution is -2.46. The van der Waals surface area contributed by atoms with E-state index in [0.717, 1.165) is 11.1 Å². The standard InChI is InChI=1S/C15H17BrN2O3/c1-3-21-14(19)12-11(8-16)17-15(20)18-13(12)10-6-4-9(2)5-7-10/h4-7,13H,3,8H2,1-2H3,(H2,17,18,20). The first-order chi connectivity index (χ1) is 10.1. The Bertz CT molecular complexity index is 581. The number of nitrogens with one attached hydrogen (secondary N) is 2. The van der Waals surface area contributed by atoms with Crippen LogP contribution in [-0.4, -0.2) is 23.9 Å². The van der Waals surface area contributed by atoms with Crippen LogP contribution in [0.25, 0.3) is 0 Å². The minimum atomic E-state index is -0.508. The maximum absolute atomic E-state index is 12.2. The van der Waals surface area contributed by atoms with Crippen molar-refractivity contribution in [2.45, 2.75) is 19.9 Å². The zero-order valence-corrected chi connectivity index (χ0v) is 13.5. The van der Waals surface area contributed by atoms with Crippen molar-refractivity contribution in [3.8, 4) is 0 Å². The van der Waals surface area contributed by atoms with Gasteiger partial charge in [0, 0.05) is 11.0 Å². The van der Waals surface area contributed by atoms with Crippen molar-refractivity contribution in [1.29, 1.82) is 0 Å². The predicted molar refractivity (Wildman–Crippen MR) is 83.0 cm³/mol. The molecule has 0 aliphatic carbocycles. The van der Waals surface area contributed by atoms with Crippen LogP contribution in [0, 0.1) is 6.92 Å². The Morgan fingerprint density at radius 3 is 2.57 bits per heavy atom. The average Bonchev–Trinajstić information content (AvgIpc) is 2.47. The van der Waals surface area contributed by atoms with E-state index in [1.165, 1.54) is 0 Å². The summed E-state index contributed by atoms with van der Waals surface area (Å²) >= 11 is 3.30. The van der Waals surface area contributed by atoms with E-state index in [0.29, 0.717) is 16.6 Å². The van der Waals surface area contributed by atoms with Gasteiger partial charge < -0.3 is 15.4 Å². The van der Waals surface area contributed by atoms with Gasteiger partial charge in [0.1, 0.15) is 0 Å². The molecule has 0 saturated carbocycles. The highest BCUT2D eigenvalue weighted by Gasteiger charge is 2.33. The maximum Gasteiger partial charge on any atom is 0.338 e. The number of aryl methyl sites for hydroxylation is 1. The molecular formula is C15H17BrN2O3. The summed E-state index contributed by atoms with van der Waals surface area (Å²) in [6, 6.07) is 6.85. The maximum atomic E-state index is 12.2. The molecule has 2 rings (SSSR count). The van der Waals surface area contributed by atoms with E-state index in [1.54, 1.807) is 6.92 Å². The van der Waals surface area contributed by atoms with E-state index in [9.17, 15) is 9.59 Å². The molecule has 1 heterocycles. The fourth-order valence-electron chi connectivity index (χ4n) is 2.18. The number of carbonyl (C=O) groups excluding carboxylic acids is 2. The summed E-state index contributed by atoms with van der Waals surface area (Å²) in [6.45, 7) is 4.02. The van der Waals surface area contributed by atoms with E-state index < -0.39 is 12.0 Å². The summed E-state index contributed by atoms with van der Waals surface area (Å²) in [6.07, 6.45) is 0. The summed E-state index contributed by atoms with van der Waals surface area (Å²) in [5.41, 5.74) is 2.92. The highest BCUT2D eigenvalue weighted by Crippen LogP contribution is 2.28. The Morgan fingerprint density at radius 1 is 1.33 bits per heavy atom. The summed E-state index contributed by atoms with van der Waals surface area (Å²) in [7, 11) is 0. The van der Waals surface area contributed by atoms with Crippen LogP contribution in [0.5, 0.6) is 0 Å². The Hall–Kier alpha value is -1.82. The van der Waals surface area contributed by atoms with Crippen molar-refractivity contribution in [3.63, 3.8) is 0 Å². The Labute approximate surface area is 131 Å². The number of carbonyl (C=O) groups is 2. The van der Waals surface area contributed by atoms with Crippen LogP contribution < -0.4 is 10.6 Å².